The minimum absolute atomic E-state index is 0.0163. The number of halogens is 1. The fraction of sp³-hybridized carbons (Fsp3) is 0.333. The van der Waals surface area contributed by atoms with Gasteiger partial charge in [-0.1, -0.05) is 18.2 Å². The number of carboxylic acids is 1. The predicted octanol–water partition coefficient (Wildman–Crippen LogP) is 1.40. The standard InChI is InChI=1S/C12H12FNO3/c13-9-4-2-1-3-8(9)7-14-10(12(16)17)5-6-11(14)15/h1-4,10H,5-7H2,(H,16,17)/t10-/m1/s1. The Morgan fingerprint density at radius 1 is 1.47 bits per heavy atom. The number of aliphatic carboxylic acids is 1. The number of hydrogen-bond donors (Lipinski definition) is 1. The first-order valence-electron chi connectivity index (χ1n) is 5.35. The summed E-state index contributed by atoms with van der Waals surface area (Å²) in [6.45, 7) is 0.0163. The van der Waals surface area contributed by atoms with E-state index in [4.69, 9.17) is 5.11 Å². The van der Waals surface area contributed by atoms with E-state index < -0.39 is 17.8 Å². The Morgan fingerprint density at radius 3 is 2.82 bits per heavy atom. The molecule has 1 aliphatic rings. The van der Waals surface area contributed by atoms with Crippen molar-refractivity contribution in [2.75, 3.05) is 0 Å². The van der Waals surface area contributed by atoms with Gasteiger partial charge in [0.25, 0.3) is 0 Å². The first-order valence-corrected chi connectivity index (χ1v) is 5.35. The average molecular weight is 237 g/mol. The van der Waals surface area contributed by atoms with Gasteiger partial charge in [0.15, 0.2) is 0 Å². The van der Waals surface area contributed by atoms with Gasteiger partial charge in [0, 0.05) is 18.5 Å². The van der Waals surface area contributed by atoms with Gasteiger partial charge in [-0.3, -0.25) is 4.79 Å². The van der Waals surface area contributed by atoms with E-state index >= 15 is 0 Å². The summed E-state index contributed by atoms with van der Waals surface area (Å²) in [7, 11) is 0. The van der Waals surface area contributed by atoms with Gasteiger partial charge in [0.05, 0.1) is 0 Å². The Morgan fingerprint density at radius 2 is 2.18 bits per heavy atom. The number of rotatable bonds is 3. The number of carbonyl (C=O) groups is 2. The molecule has 1 N–H and O–H groups in total. The zero-order valence-electron chi connectivity index (χ0n) is 9.10. The second-order valence-electron chi connectivity index (χ2n) is 4.01. The molecule has 5 heteroatoms. The Kier molecular flexibility index (Phi) is 3.08. The van der Waals surface area contributed by atoms with Gasteiger partial charge in [-0.25, -0.2) is 9.18 Å². The molecule has 1 aromatic rings. The molecule has 17 heavy (non-hydrogen) atoms. The Hall–Kier alpha value is -1.91. The SMILES string of the molecule is O=C(O)[C@H]1CCC(=O)N1Cc1ccccc1F. The van der Waals surface area contributed by atoms with Crippen molar-refractivity contribution in [3.8, 4) is 0 Å². The normalized spacial score (nSPS) is 19.7. The van der Waals surface area contributed by atoms with Crippen molar-refractivity contribution in [3.05, 3.63) is 35.6 Å². The summed E-state index contributed by atoms with van der Waals surface area (Å²) in [6.07, 6.45) is 0.508. The Labute approximate surface area is 97.7 Å². The molecule has 1 aromatic carbocycles. The molecule has 0 unspecified atom stereocenters. The fourth-order valence-electron chi connectivity index (χ4n) is 2.00. The number of carbonyl (C=O) groups excluding carboxylic acids is 1. The maximum Gasteiger partial charge on any atom is 0.326 e. The minimum atomic E-state index is -1.04. The molecule has 2 rings (SSSR count). The molecule has 90 valence electrons. The largest absolute Gasteiger partial charge is 0.480 e. The number of nitrogens with zero attached hydrogens (tertiary/aromatic N) is 1. The van der Waals surface area contributed by atoms with Crippen LogP contribution in [0.1, 0.15) is 18.4 Å². The zero-order valence-corrected chi connectivity index (χ0v) is 9.10. The highest BCUT2D eigenvalue weighted by molar-refractivity contribution is 5.87. The number of hydrogen-bond acceptors (Lipinski definition) is 2. The third kappa shape index (κ3) is 2.27. The van der Waals surface area contributed by atoms with Crippen LogP contribution in [0.4, 0.5) is 4.39 Å². The minimum Gasteiger partial charge on any atom is -0.480 e. The van der Waals surface area contributed by atoms with Crippen LogP contribution in [0.25, 0.3) is 0 Å². The number of benzene rings is 1. The highest BCUT2D eigenvalue weighted by atomic mass is 19.1. The summed E-state index contributed by atoms with van der Waals surface area (Å²) in [5, 5.41) is 8.96. The van der Waals surface area contributed by atoms with Crippen LogP contribution in [-0.2, 0) is 16.1 Å². The molecular weight excluding hydrogens is 225 g/mol. The Balaban J connectivity index is 2.19. The van der Waals surface area contributed by atoms with Crippen LogP contribution < -0.4 is 0 Å². The molecule has 0 aliphatic carbocycles. The number of likely N-dealkylation sites (tertiary alicyclic amines) is 1. The highest BCUT2D eigenvalue weighted by Crippen LogP contribution is 2.22. The van der Waals surface area contributed by atoms with E-state index in [2.05, 4.69) is 0 Å². The predicted molar refractivity (Wildman–Crippen MR) is 57.6 cm³/mol. The van der Waals surface area contributed by atoms with E-state index in [1.807, 2.05) is 0 Å². The van der Waals surface area contributed by atoms with Crippen molar-refractivity contribution >= 4 is 11.9 Å². The van der Waals surface area contributed by atoms with Gasteiger partial charge in [-0.2, -0.15) is 0 Å². The lowest BCUT2D eigenvalue weighted by Crippen LogP contribution is -2.38. The third-order valence-corrected chi connectivity index (χ3v) is 2.91. The maximum absolute atomic E-state index is 13.4. The maximum atomic E-state index is 13.4. The lowest BCUT2D eigenvalue weighted by atomic mass is 10.1. The molecule has 4 nitrogen and oxygen atoms in total. The lowest BCUT2D eigenvalue weighted by molar-refractivity contribution is -0.146. The van der Waals surface area contributed by atoms with Crippen molar-refractivity contribution in [2.45, 2.75) is 25.4 Å². The number of carboxylic acid groups (broad SMARTS) is 1. The van der Waals surface area contributed by atoms with Crippen molar-refractivity contribution < 1.29 is 19.1 Å². The summed E-state index contributed by atoms with van der Waals surface area (Å²) < 4.78 is 13.4. The van der Waals surface area contributed by atoms with E-state index in [1.165, 1.54) is 11.0 Å². The summed E-state index contributed by atoms with van der Waals surface area (Å²) in [4.78, 5) is 23.7. The zero-order chi connectivity index (χ0) is 12.4. The van der Waals surface area contributed by atoms with Crippen LogP contribution in [0.5, 0.6) is 0 Å². The second-order valence-corrected chi connectivity index (χ2v) is 4.01. The van der Waals surface area contributed by atoms with Gasteiger partial charge in [0.1, 0.15) is 11.9 Å². The molecule has 0 bridgehead atoms. The number of amides is 1. The van der Waals surface area contributed by atoms with Gasteiger partial charge < -0.3 is 10.0 Å². The molecule has 1 saturated heterocycles. The van der Waals surface area contributed by atoms with E-state index in [9.17, 15) is 14.0 Å². The smallest absolute Gasteiger partial charge is 0.326 e. The molecular formula is C12H12FNO3. The molecule has 1 heterocycles. The van der Waals surface area contributed by atoms with Gasteiger partial charge >= 0.3 is 5.97 Å². The molecule has 0 saturated carbocycles. The van der Waals surface area contributed by atoms with Gasteiger partial charge in [0.2, 0.25) is 5.91 Å². The van der Waals surface area contributed by atoms with Crippen molar-refractivity contribution in [1.82, 2.24) is 4.90 Å². The van der Waals surface area contributed by atoms with Gasteiger partial charge in [-0.05, 0) is 12.5 Å². The van der Waals surface area contributed by atoms with Gasteiger partial charge in [-0.15, -0.1) is 0 Å². The molecule has 0 spiro atoms. The fourth-order valence-corrected chi connectivity index (χ4v) is 2.00. The summed E-state index contributed by atoms with van der Waals surface area (Å²) in [5.74, 6) is -1.69. The van der Waals surface area contributed by atoms with E-state index in [0.717, 1.165) is 0 Å². The Bertz CT molecular complexity index is 461. The molecule has 1 atom stereocenters. The van der Waals surface area contributed by atoms with Crippen LogP contribution in [-0.4, -0.2) is 27.9 Å². The monoisotopic (exact) mass is 237 g/mol. The highest BCUT2D eigenvalue weighted by Gasteiger charge is 2.36. The van der Waals surface area contributed by atoms with Crippen LogP contribution >= 0.6 is 0 Å². The van der Waals surface area contributed by atoms with E-state index in [-0.39, 0.29) is 18.9 Å². The summed E-state index contributed by atoms with van der Waals surface area (Å²) in [6, 6.07) is 5.24. The first-order chi connectivity index (χ1) is 8.09. The molecule has 1 fully saturated rings. The van der Waals surface area contributed by atoms with Crippen molar-refractivity contribution in [1.29, 1.82) is 0 Å². The quantitative estimate of drug-likeness (QED) is 0.864. The van der Waals surface area contributed by atoms with E-state index in [1.54, 1.807) is 18.2 Å². The summed E-state index contributed by atoms with van der Waals surface area (Å²) in [5.41, 5.74) is 0.342. The topological polar surface area (TPSA) is 57.6 Å². The first kappa shape index (κ1) is 11.6. The third-order valence-electron chi connectivity index (χ3n) is 2.91. The van der Waals surface area contributed by atoms with Crippen molar-refractivity contribution in [2.24, 2.45) is 0 Å². The molecule has 0 aromatic heterocycles. The van der Waals surface area contributed by atoms with Crippen LogP contribution in [0.15, 0.2) is 24.3 Å². The van der Waals surface area contributed by atoms with Crippen LogP contribution in [0.3, 0.4) is 0 Å². The lowest BCUT2D eigenvalue weighted by Gasteiger charge is -2.21. The van der Waals surface area contributed by atoms with Crippen LogP contribution in [0.2, 0.25) is 0 Å². The second kappa shape index (κ2) is 4.53. The molecule has 0 radical (unpaired) electrons. The molecule has 1 amide bonds. The van der Waals surface area contributed by atoms with Crippen molar-refractivity contribution in [3.63, 3.8) is 0 Å². The molecule has 1 aliphatic heterocycles. The summed E-state index contributed by atoms with van der Waals surface area (Å²) >= 11 is 0. The van der Waals surface area contributed by atoms with Crippen LogP contribution in [0, 0.1) is 5.82 Å². The van der Waals surface area contributed by atoms with E-state index in [0.29, 0.717) is 12.0 Å². The average Bonchev–Trinajstić information content (AvgIpc) is 2.64.